The number of benzene rings is 1. The highest BCUT2D eigenvalue weighted by molar-refractivity contribution is 5.98. The van der Waals surface area contributed by atoms with Crippen LogP contribution in [-0.2, 0) is 16.0 Å². The predicted molar refractivity (Wildman–Crippen MR) is 103 cm³/mol. The Morgan fingerprint density at radius 2 is 1.59 bits per heavy atom. The molecule has 8 heteroatoms. The van der Waals surface area contributed by atoms with Gasteiger partial charge in [0.15, 0.2) is 0 Å². The van der Waals surface area contributed by atoms with Crippen LogP contribution in [0, 0.1) is 0 Å². The van der Waals surface area contributed by atoms with Gasteiger partial charge in [0, 0.05) is 12.1 Å². The number of nitrogens with one attached hydrogen (secondary N) is 2. The Kier molecular flexibility index (Phi) is 7.63. The summed E-state index contributed by atoms with van der Waals surface area (Å²) in [7, 11) is 1.56. The van der Waals surface area contributed by atoms with E-state index >= 15 is 0 Å². The molecule has 2 N–H and O–H groups in total. The molecule has 1 rings (SSSR count). The molecular formula is C19H29N3O5. The molecule has 0 aromatic heterocycles. The molecule has 0 unspecified atom stereocenters. The number of para-hydroxylation sites is 1. The first-order chi connectivity index (χ1) is 12.4. The lowest BCUT2D eigenvalue weighted by molar-refractivity contribution is 0.0560. The van der Waals surface area contributed by atoms with E-state index < -0.39 is 23.4 Å². The van der Waals surface area contributed by atoms with Gasteiger partial charge >= 0.3 is 12.2 Å². The molecule has 0 atom stereocenters. The zero-order chi connectivity index (χ0) is 20.7. The summed E-state index contributed by atoms with van der Waals surface area (Å²) in [6, 6.07) is 7.36. The van der Waals surface area contributed by atoms with Crippen molar-refractivity contribution in [2.24, 2.45) is 4.99 Å². The number of nitrogens with zero attached hydrogens (tertiary/aromatic N) is 1. The minimum Gasteiger partial charge on any atom is -0.496 e. The Bertz CT molecular complexity index is 687. The van der Waals surface area contributed by atoms with Crippen LogP contribution in [0.2, 0.25) is 0 Å². The molecule has 0 radical (unpaired) electrons. The second kappa shape index (κ2) is 9.25. The van der Waals surface area contributed by atoms with E-state index in [1.165, 1.54) is 0 Å². The molecule has 0 aliphatic carbocycles. The lowest BCUT2D eigenvalue weighted by Crippen LogP contribution is -2.44. The van der Waals surface area contributed by atoms with Crippen molar-refractivity contribution in [3.05, 3.63) is 29.8 Å². The van der Waals surface area contributed by atoms with Gasteiger partial charge in [-0.1, -0.05) is 18.2 Å². The third-order valence-corrected chi connectivity index (χ3v) is 2.85. The van der Waals surface area contributed by atoms with Gasteiger partial charge in [-0.25, -0.2) is 9.59 Å². The average Bonchev–Trinajstić information content (AvgIpc) is 2.49. The number of methoxy groups -OCH3 is 1. The normalized spacial score (nSPS) is 12.2. The van der Waals surface area contributed by atoms with Gasteiger partial charge in [-0.15, -0.1) is 4.99 Å². The maximum atomic E-state index is 12.0. The summed E-state index contributed by atoms with van der Waals surface area (Å²) in [6.45, 7) is 10.6. The van der Waals surface area contributed by atoms with Gasteiger partial charge in [0.2, 0.25) is 5.96 Å². The number of carbonyl (C=O) groups excluding carboxylic acids is 2. The average molecular weight is 379 g/mol. The van der Waals surface area contributed by atoms with Crippen LogP contribution in [-0.4, -0.2) is 36.5 Å². The van der Waals surface area contributed by atoms with Crippen molar-refractivity contribution in [2.75, 3.05) is 7.11 Å². The smallest absolute Gasteiger partial charge is 0.437 e. The zero-order valence-corrected chi connectivity index (χ0v) is 17.0. The molecule has 0 saturated heterocycles. The SMILES string of the molecule is COc1ccccc1CN/C(=N\C(=O)OC(C)(C)C)NC(=O)OC(C)(C)C. The molecule has 1 aromatic carbocycles. The molecule has 27 heavy (non-hydrogen) atoms. The number of amides is 2. The molecule has 8 nitrogen and oxygen atoms in total. The van der Waals surface area contributed by atoms with E-state index in [0.717, 1.165) is 5.56 Å². The van der Waals surface area contributed by atoms with Gasteiger partial charge in [-0.3, -0.25) is 5.32 Å². The number of hydrogen-bond donors (Lipinski definition) is 2. The van der Waals surface area contributed by atoms with Crippen molar-refractivity contribution in [3.63, 3.8) is 0 Å². The highest BCUT2D eigenvalue weighted by atomic mass is 16.6. The van der Waals surface area contributed by atoms with Gasteiger partial charge in [0.1, 0.15) is 17.0 Å². The molecular weight excluding hydrogens is 350 g/mol. The number of hydrogen-bond acceptors (Lipinski definition) is 5. The van der Waals surface area contributed by atoms with E-state index in [9.17, 15) is 9.59 Å². The Morgan fingerprint density at radius 1 is 1.00 bits per heavy atom. The molecule has 0 heterocycles. The summed E-state index contributed by atoms with van der Waals surface area (Å²) in [4.78, 5) is 27.8. The Hall–Kier alpha value is -2.77. The second-order valence-corrected chi connectivity index (χ2v) is 7.73. The van der Waals surface area contributed by atoms with Gasteiger partial charge in [-0.05, 0) is 47.6 Å². The van der Waals surface area contributed by atoms with E-state index in [2.05, 4.69) is 15.6 Å². The minimum absolute atomic E-state index is 0.0793. The van der Waals surface area contributed by atoms with Crippen LogP contribution < -0.4 is 15.4 Å². The molecule has 0 spiro atoms. The number of guanidine groups is 1. The predicted octanol–water partition coefficient (Wildman–Crippen LogP) is 3.60. The highest BCUT2D eigenvalue weighted by Crippen LogP contribution is 2.16. The first-order valence-electron chi connectivity index (χ1n) is 8.57. The van der Waals surface area contributed by atoms with Gasteiger partial charge in [-0.2, -0.15) is 0 Å². The van der Waals surface area contributed by atoms with Crippen molar-refractivity contribution >= 4 is 18.1 Å². The third-order valence-electron chi connectivity index (χ3n) is 2.85. The molecule has 0 aliphatic rings. The van der Waals surface area contributed by atoms with Crippen molar-refractivity contribution in [1.29, 1.82) is 0 Å². The van der Waals surface area contributed by atoms with E-state index in [1.54, 1.807) is 48.7 Å². The van der Waals surface area contributed by atoms with Gasteiger partial charge < -0.3 is 19.5 Å². The topological polar surface area (TPSA) is 98.3 Å². The van der Waals surface area contributed by atoms with Crippen molar-refractivity contribution in [1.82, 2.24) is 10.6 Å². The molecule has 0 bridgehead atoms. The lowest BCUT2D eigenvalue weighted by Gasteiger charge is -2.21. The number of carbonyl (C=O) groups is 2. The summed E-state index contributed by atoms with van der Waals surface area (Å²) in [5, 5.41) is 5.34. The lowest BCUT2D eigenvalue weighted by atomic mass is 10.2. The standard InChI is InChI=1S/C19H29N3O5/c1-18(2,3)26-16(23)21-15(22-17(24)27-19(4,5)6)20-12-13-10-8-9-11-14(13)25-7/h8-11H,12H2,1-7H3,(H2,20,21,22,23,24). The molecule has 1 aromatic rings. The summed E-state index contributed by atoms with van der Waals surface area (Å²) in [6.07, 6.45) is -1.57. The van der Waals surface area contributed by atoms with Crippen LogP contribution in [0.25, 0.3) is 0 Å². The molecule has 0 aliphatic heterocycles. The molecule has 0 saturated carbocycles. The van der Waals surface area contributed by atoms with E-state index in [4.69, 9.17) is 14.2 Å². The highest BCUT2D eigenvalue weighted by Gasteiger charge is 2.20. The van der Waals surface area contributed by atoms with E-state index in [-0.39, 0.29) is 12.5 Å². The first kappa shape index (κ1) is 22.3. The van der Waals surface area contributed by atoms with Crippen LogP contribution in [0.5, 0.6) is 5.75 Å². The van der Waals surface area contributed by atoms with Crippen LogP contribution in [0.3, 0.4) is 0 Å². The van der Waals surface area contributed by atoms with E-state index in [0.29, 0.717) is 5.75 Å². The third kappa shape index (κ3) is 9.48. The summed E-state index contributed by atoms with van der Waals surface area (Å²) >= 11 is 0. The Balaban J connectivity index is 2.92. The monoisotopic (exact) mass is 379 g/mol. The number of rotatable bonds is 3. The molecule has 2 amide bonds. The zero-order valence-electron chi connectivity index (χ0n) is 17.0. The summed E-state index contributed by atoms with van der Waals surface area (Å²) in [5.41, 5.74) is -0.577. The van der Waals surface area contributed by atoms with Gasteiger partial charge in [0.05, 0.1) is 7.11 Å². The summed E-state index contributed by atoms with van der Waals surface area (Å²) < 4.78 is 15.7. The van der Waals surface area contributed by atoms with Crippen molar-refractivity contribution in [3.8, 4) is 5.75 Å². The Morgan fingerprint density at radius 3 is 2.15 bits per heavy atom. The number of aliphatic imine (C=N–C) groups is 1. The second-order valence-electron chi connectivity index (χ2n) is 7.73. The first-order valence-corrected chi connectivity index (χ1v) is 8.57. The van der Waals surface area contributed by atoms with E-state index in [1.807, 2.05) is 24.3 Å². The fourth-order valence-electron chi connectivity index (χ4n) is 1.92. The van der Waals surface area contributed by atoms with Crippen LogP contribution >= 0.6 is 0 Å². The van der Waals surface area contributed by atoms with Crippen LogP contribution in [0.4, 0.5) is 9.59 Å². The Labute approximate surface area is 160 Å². The molecule has 150 valence electrons. The maximum absolute atomic E-state index is 12.0. The van der Waals surface area contributed by atoms with Crippen molar-refractivity contribution in [2.45, 2.75) is 59.3 Å². The number of ether oxygens (including phenoxy) is 3. The molecule has 0 fully saturated rings. The minimum atomic E-state index is -0.832. The fraction of sp³-hybridized carbons (Fsp3) is 0.526. The largest absolute Gasteiger partial charge is 0.496 e. The van der Waals surface area contributed by atoms with Crippen molar-refractivity contribution < 1.29 is 23.8 Å². The quantitative estimate of drug-likeness (QED) is 0.615. The maximum Gasteiger partial charge on any atom is 0.437 e. The van der Waals surface area contributed by atoms with Crippen LogP contribution in [0.15, 0.2) is 29.3 Å². The number of alkyl carbamates (subject to hydrolysis) is 1. The van der Waals surface area contributed by atoms with Gasteiger partial charge in [0.25, 0.3) is 0 Å². The van der Waals surface area contributed by atoms with Crippen LogP contribution in [0.1, 0.15) is 47.1 Å². The summed E-state index contributed by atoms with van der Waals surface area (Å²) in [5.74, 6) is 0.586. The fourth-order valence-corrected chi connectivity index (χ4v) is 1.92.